The standard InChI is InChI=1S/C20H25N5O2.HI/c1-26-17-10-9-14(12-18(17)27-2)13-23-20(21)22-11-5-8-19-24-15-6-3-4-7-16(15)25-19;/h3-4,6-7,9-10,12H,5,8,11,13H2,1-2H3,(H,24,25)(H3,21,22,23);1H. The van der Waals surface area contributed by atoms with Crippen LogP contribution >= 0.6 is 24.0 Å². The number of nitrogens with zero attached hydrogens (tertiary/aromatic N) is 2. The van der Waals surface area contributed by atoms with Crippen LogP contribution in [-0.4, -0.2) is 36.7 Å². The molecule has 1 aromatic heterocycles. The van der Waals surface area contributed by atoms with Crippen molar-refractivity contribution in [2.24, 2.45) is 10.7 Å². The number of hydrogen-bond donors (Lipinski definition) is 3. The average molecular weight is 495 g/mol. The first kappa shape index (κ1) is 21.8. The van der Waals surface area contributed by atoms with E-state index in [-0.39, 0.29) is 24.0 Å². The topological polar surface area (TPSA) is 97.5 Å². The maximum absolute atomic E-state index is 5.95. The van der Waals surface area contributed by atoms with Crippen LogP contribution in [0.4, 0.5) is 0 Å². The van der Waals surface area contributed by atoms with E-state index < -0.39 is 0 Å². The molecule has 7 nitrogen and oxygen atoms in total. The lowest BCUT2D eigenvalue weighted by atomic mass is 10.2. The van der Waals surface area contributed by atoms with Crippen LogP contribution in [0.5, 0.6) is 11.5 Å². The van der Waals surface area contributed by atoms with Crippen LogP contribution in [0.25, 0.3) is 11.0 Å². The minimum atomic E-state index is 0. The number of imidazole rings is 1. The molecule has 0 saturated carbocycles. The van der Waals surface area contributed by atoms with Gasteiger partial charge in [-0.2, -0.15) is 0 Å². The second-order valence-corrected chi connectivity index (χ2v) is 6.12. The number of H-pyrrole nitrogens is 1. The molecular weight excluding hydrogens is 469 g/mol. The normalized spacial score (nSPS) is 11.1. The molecule has 0 bridgehead atoms. The molecule has 1 heterocycles. The Morgan fingerprint density at radius 3 is 2.68 bits per heavy atom. The maximum Gasteiger partial charge on any atom is 0.188 e. The van der Waals surface area contributed by atoms with E-state index in [1.165, 1.54) is 0 Å². The van der Waals surface area contributed by atoms with Crippen molar-refractivity contribution in [2.75, 3.05) is 20.8 Å². The SMILES string of the molecule is COc1ccc(CN=C(N)NCCCc2nc3ccccc3[nH]2)cc1OC.I. The number of methoxy groups -OCH3 is 2. The molecular formula is C20H26IN5O2. The first-order valence-corrected chi connectivity index (χ1v) is 8.88. The quantitative estimate of drug-likeness (QED) is 0.193. The summed E-state index contributed by atoms with van der Waals surface area (Å²) in [5, 5.41) is 3.14. The molecule has 0 atom stereocenters. The van der Waals surface area contributed by atoms with Gasteiger partial charge in [0.15, 0.2) is 17.5 Å². The molecule has 0 aliphatic carbocycles. The number of para-hydroxylation sites is 2. The molecule has 150 valence electrons. The number of hydrogen-bond acceptors (Lipinski definition) is 4. The smallest absolute Gasteiger partial charge is 0.188 e. The van der Waals surface area contributed by atoms with Crippen molar-refractivity contribution in [3.63, 3.8) is 0 Å². The van der Waals surface area contributed by atoms with Crippen molar-refractivity contribution in [3.8, 4) is 11.5 Å². The van der Waals surface area contributed by atoms with Crippen molar-refractivity contribution >= 4 is 41.0 Å². The van der Waals surface area contributed by atoms with Crippen LogP contribution in [0.3, 0.4) is 0 Å². The Balaban J connectivity index is 0.00000280. The summed E-state index contributed by atoms with van der Waals surface area (Å²) in [7, 11) is 3.23. The van der Waals surface area contributed by atoms with E-state index in [0.717, 1.165) is 41.8 Å². The zero-order chi connectivity index (χ0) is 19.1. The fourth-order valence-corrected chi connectivity index (χ4v) is 2.81. The van der Waals surface area contributed by atoms with Crippen LogP contribution < -0.4 is 20.5 Å². The number of fused-ring (bicyclic) bond motifs is 1. The molecule has 2 aromatic carbocycles. The minimum absolute atomic E-state index is 0. The lowest BCUT2D eigenvalue weighted by Crippen LogP contribution is -2.32. The van der Waals surface area contributed by atoms with Crippen molar-refractivity contribution in [1.29, 1.82) is 0 Å². The van der Waals surface area contributed by atoms with Gasteiger partial charge in [-0.15, -0.1) is 24.0 Å². The fraction of sp³-hybridized carbons (Fsp3) is 0.300. The number of guanidine groups is 1. The number of aromatic amines is 1. The number of benzene rings is 2. The first-order chi connectivity index (χ1) is 13.2. The highest BCUT2D eigenvalue weighted by molar-refractivity contribution is 14.0. The van der Waals surface area contributed by atoms with Gasteiger partial charge in [0.05, 0.1) is 31.8 Å². The molecule has 3 rings (SSSR count). The summed E-state index contributed by atoms with van der Waals surface area (Å²) in [5.74, 6) is 2.79. The molecule has 0 aliphatic rings. The van der Waals surface area contributed by atoms with Gasteiger partial charge in [-0.3, -0.25) is 0 Å². The molecule has 0 saturated heterocycles. The Labute approximate surface area is 181 Å². The van der Waals surface area contributed by atoms with Gasteiger partial charge in [0.2, 0.25) is 0 Å². The monoisotopic (exact) mass is 495 g/mol. The van der Waals surface area contributed by atoms with Crippen LogP contribution in [0.15, 0.2) is 47.5 Å². The lowest BCUT2D eigenvalue weighted by Gasteiger charge is -2.09. The Morgan fingerprint density at radius 2 is 1.93 bits per heavy atom. The maximum atomic E-state index is 5.95. The summed E-state index contributed by atoms with van der Waals surface area (Å²) in [6.45, 7) is 1.21. The van der Waals surface area contributed by atoms with Crippen molar-refractivity contribution in [2.45, 2.75) is 19.4 Å². The number of aliphatic imine (C=N–C) groups is 1. The lowest BCUT2D eigenvalue weighted by molar-refractivity contribution is 0.354. The first-order valence-electron chi connectivity index (χ1n) is 8.88. The number of ether oxygens (including phenoxy) is 2. The second kappa shape index (κ2) is 10.7. The minimum Gasteiger partial charge on any atom is -0.493 e. The van der Waals surface area contributed by atoms with Gasteiger partial charge in [0.1, 0.15) is 5.82 Å². The van der Waals surface area contributed by atoms with Crippen molar-refractivity contribution < 1.29 is 9.47 Å². The van der Waals surface area contributed by atoms with Gasteiger partial charge in [-0.05, 0) is 36.2 Å². The second-order valence-electron chi connectivity index (χ2n) is 6.12. The molecule has 0 aliphatic heterocycles. The molecule has 0 amide bonds. The average Bonchev–Trinajstić information content (AvgIpc) is 3.12. The fourth-order valence-electron chi connectivity index (χ4n) is 2.81. The summed E-state index contributed by atoms with van der Waals surface area (Å²) >= 11 is 0. The summed E-state index contributed by atoms with van der Waals surface area (Å²) in [6, 6.07) is 13.7. The summed E-state index contributed by atoms with van der Waals surface area (Å²) in [6.07, 6.45) is 1.76. The summed E-state index contributed by atoms with van der Waals surface area (Å²) < 4.78 is 10.5. The third kappa shape index (κ3) is 5.75. The highest BCUT2D eigenvalue weighted by Gasteiger charge is 2.04. The Bertz CT molecular complexity index is 893. The molecule has 0 fully saturated rings. The van der Waals surface area contributed by atoms with Crippen LogP contribution in [0.1, 0.15) is 17.8 Å². The van der Waals surface area contributed by atoms with E-state index in [4.69, 9.17) is 15.2 Å². The van der Waals surface area contributed by atoms with E-state index >= 15 is 0 Å². The molecule has 8 heteroatoms. The number of aryl methyl sites for hydroxylation is 1. The van der Waals surface area contributed by atoms with E-state index in [0.29, 0.717) is 24.0 Å². The van der Waals surface area contributed by atoms with Gasteiger partial charge in [0.25, 0.3) is 0 Å². The number of halogens is 1. The molecule has 0 unspecified atom stereocenters. The predicted octanol–water partition coefficient (Wildman–Crippen LogP) is 3.24. The Morgan fingerprint density at radius 1 is 1.14 bits per heavy atom. The summed E-state index contributed by atoms with van der Waals surface area (Å²) in [4.78, 5) is 12.3. The van der Waals surface area contributed by atoms with E-state index in [1.807, 2.05) is 42.5 Å². The number of nitrogens with one attached hydrogen (secondary N) is 2. The largest absolute Gasteiger partial charge is 0.493 e. The molecule has 3 aromatic rings. The zero-order valence-electron chi connectivity index (χ0n) is 16.1. The van der Waals surface area contributed by atoms with Crippen LogP contribution in [0, 0.1) is 0 Å². The van der Waals surface area contributed by atoms with Crippen LogP contribution in [-0.2, 0) is 13.0 Å². The van der Waals surface area contributed by atoms with Gasteiger partial charge in [0, 0.05) is 13.0 Å². The van der Waals surface area contributed by atoms with Gasteiger partial charge < -0.3 is 25.5 Å². The Kier molecular flexibility index (Phi) is 8.37. The van der Waals surface area contributed by atoms with Gasteiger partial charge >= 0.3 is 0 Å². The number of rotatable bonds is 8. The van der Waals surface area contributed by atoms with E-state index in [2.05, 4.69) is 20.3 Å². The predicted molar refractivity (Wildman–Crippen MR) is 123 cm³/mol. The summed E-state index contributed by atoms with van der Waals surface area (Å²) in [5.41, 5.74) is 9.01. The van der Waals surface area contributed by atoms with Crippen LogP contribution in [0.2, 0.25) is 0 Å². The van der Waals surface area contributed by atoms with Crippen molar-refractivity contribution in [3.05, 3.63) is 53.9 Å². The molecule has 0 radical (unpaired) electrons. The zero-order valence-corrected chi connectivity index (χ0v) is 18.4. The number of nitrogens with two attached hydrogens (primary N) is 1. The molecule has 4 N–H and O–H groups in total. The van der Waals surface area contributed by atoms with E-state index in [1.54, 1.807) is 14.2 Å². The van der Waals surface area contributed by atoms with Gasteiger partial charge in [-0.1, -0.05) is 18.2 Å². The third-order valence-corrected chi connectivity index (χ3v) is 4.21. The molecule has 28 heavy (non-hydrogen) atoms. The van der Waals surface area contributed by atoms with E-state index in [9.17, 15) is 0 Å². The number of aromatic nitrogens is 2. The third-order valence-electron chi connectivity index (χ3n) is 4.21. The molecule has 0 spiro atoms. The van der Waals surface area contributed by atoms with Gasteiger partial charge in [-0.25, -0.2) is 9.98 Å². The van der Waals surface area contributed by atoms with Crippen molar-refractivity contribution in [1.82, 2.24) is 15.3 Å². The highest BCUT2D eigenvalue weighted by Crippen LogP contribution is 2.27. The highest BCUT2D eigenvalue weighted by atomic mass is 127. The Hall–Kier alpha value is -2.49.